The van der Waals surface area contributed by atoms with Crippen molar-refractivity contribution in [2.75, 3.05) is 16.4 Å². The van der Waals surface area contributed by atoms with Crippen molar-refractivity contribution in [1.29, 1.82) is 0 Å². The first kappa shape index (κ1) is 32.1. The number of para-hydroxylation sites is 1. The molecule has 0 saturated heterocycles. The number of nitrogens with one attached hydrogen (secondary N) is 3. The van der Waals surface area contributed by atoms with Crippen molar-refractivity contribution < 1.29 is 19.3 Å². The highest BCUT2D eigenvalue weighted by Crippen LogP contribution is 2.30. The Morgan fingerprint density at radius 2 is 1.59 bits per heavy atom. The van der Waals surface area contributed by atoms with E-state index in [-0.39, 0.29) is 28.6 Å². The van der Waals surface area contributed by atoms with E-state index in [2.05, 4.69) is 20.9 Å². The highest BCUT2D eigenvalue weighted by molar-refractivity contribution is 8.00. The number of benzene rings is 4. The molecule has 0 atom stereocenters. The van der Waals surface area contributed by atoms with E-state index in [4.69, 9.17) is 11.6 Å². The first-order valence-electron chi connectivity index (χ1n) is 13.6. The van der Waals surface area contributed by atoms with Crippen molar-refractivity contribution in [3.8, 4) is 11.3 Å². The molecular weight excluding hydrogens is 646 g/mol. The van der Waals surface area contributed by atoms with Gasteiger partial charge in [-0.15, -0.1) is 23.1 Å². The standard InChI is InChI=1S/C33H24ClN5O5S2/c34-26-12-6-5-11-25(26)28-19-46-33(37-28)38-30(40)20-45-24-16-14-23(15-17-24)35-32(42)27(36-31(41)21-8-2-1-3-9-21)18-22-10-4-7-13-29(22)39(43)44/h1-19H,20H2,(H,35,42)(H,36,41)(H,37,38,40)/b27-18-. The van der Waals surface area contributed by atoms with E-state index in [1.54, 1.807) is 66.7 Å². The van der Waals surface area contributed by atoms with Crippen LogP contribution in [0.5, 0.6) is 0 Å². The van der Waals surface area contributed by atoms with Crippen molar-refractivity contribution in [2.45, 2.75) is 4.90 Å². The lowest BCUT2D eigenvalue weighted by Gasteiger charge is -2.12. The maximum absolute atomic E-state index is 13.3. The van der Waals surface area contributed by atoms with Crippen LogP contribution in [0.3, 0.4) is 0 Å². The highest BCUT2D eigenvalue weighted by Gasteiger charge is 2.18. The van der Waals surface area contributed by atoms with E-state index in [9.17, 15) is 24.5 Å². The van der Waals surface area contributed by atoms with E-state index in [0.717, 1.165) is 10.5 Å². The summed E-state index contributed by atoms with van der Waals surface area (Å²) in [5, 5.41) is 22.5. The lowest BCUT2D eigenvalue weighted by atomic mass is 10.1. The average Bonchev–Trinajstić information content (AvgIpc) is 3.52. The van der Waals surface area contributed by atoms with Gasteiger partial charge in [0.25, 0.3) is 17.5 Å². The molecule has 4 aromatic carbocycles. The summed E-state index contributed by atoms with van der Waals surface area (Å²) in [4.78, 5) is 55.0. The minimum absolute atomic E-state index is 0.126. The molecule has 0 aliphatic rings. The summed E-state index contributed by atoms with van der Waals surface area (Å²) < 4.78 is 0. The van der Waals surface area contributed by atoms with Gasteiger partial charge in [-0.05, 0) is 54.6 Å². The number of halogens is 1. The van der Waals surface area contributed by atoms with Crippen LogP contribution >= 0.6 is 34.7 Å². The fourth-order valence-corrected chi connectivity index (χ4v) is 5.79. The predicted octanol–water partition coefficient (Wildman–Crippen LogP) is 7.51. The van der Waals surface area contributed by atoms with E-state index in [1.807, 2.05) is 23.6 Å². The predicted molar refractivity (Wildman–Crippen MR) is 182 cm³/mol. The zero-order chi connectivity index (χ0) is 32.5. The number of hydrogen-bond acceptors (Lipinski definition) is 8. The van der Waals surface area contributed by atoms with Crippen LogP contribution in [0.25, 0.3) is 17.3 Å². The molecule has 10 nitrogen and oxygen atoms in total. The van der Waals surface area contributed by atoms with Gasteiger partial charge in [0.2, 0.25) is 5.91 Å². The smallest absolute Gasteiger partial charge is 0.276 e. The Bertz CT molecular complexity index is 1930. The first-order chi connectivity index (χ1) is 22.3. The Hall–Kier alpha value is -5.30. The van der Waals surface area contributed by atoms with Gasteiger partial charge >= 0.3 is 0 Å². The van der Waals surface area contributed by atoms with Gasteiger partial charge in [-0.2, -0.15) is 0 Å². The number of nitro groups is 1. The summed E-state index contributed by atoms with van der Waals surface area (Å²) in [7, 11) is 0. The molecule has 0 aliphatic carbocycles. The number of carbonyl (C=O) groups excluding carboxylic acids is 3. The third-order valence-corrected chi connectivity index (χ3v) is 8.44. The van der Waals surface area contributed by atoms with Gasteiger partial charge in [0.05, 0.1) is 21.9 Å². The molecule has 3 amide bonds. The Balaban J connectivity index is 1.22. The van der Waals surface area contributed by atoms with Crippen LogP contribution in [0, 0.1) is 10.1 Å². The number of anilines is 2. The van der Waals surface area contributed by atoms with Gasteiger partial charge in [-0.25, -0.2) is 4.98 Å². The number of aromatic nitrogens is 1. The molecule has 0 aliphatic heterocycles. The Labute approximate surface area is 276 Å². The van der Waals surface area contributed by atoms with Crippen LogP contribution < -0.4 is 16.0 Å². The third kappa shape index (κ3) is 8.45. The second kappa shape index (κ2) is 15.1. The summed E-state index contributed by atoms with van der Waals surface area (Å²) in [5.74, 6) is -1.34. The largest absolute Gasteiger partial charge is 0.321 e. The van der Waals surface area contributed by atoms with Crippen LogP contribution in [-0.4, -0.2) is 33.4 Å². The molecule has 0 saturated carbocycles. The number of hydrogen-bond donors (Lipinski definition) is 3. The fraction of sp³-hybridized carbons (Fsp3) is 0.0303. The van der Waals surface area contributed by atoms with Gasteiger partial charge in [-0.3, -0.25) is 24.5 Å². The van der Waals surface area contributed by atoms with Crippen molar-refractivity contribution in [3.05, 3.63) is 140 Å². The molecule has 5 aromatic rings. The minimum Gasteiger partial charge on any atom is -0.321 e. The van der Waals surface area contributed by atoms with Crippen LogP contribution in [0.15, 0.2) is 119 Å². The van der Waals surface area contributed by atoms with Gasteiger partial charge in [0.15, 0.2) is 5.13 Å². The highest BCUT2D eigenvalue weighted by atomic mass is 35.5. The molecule has 3 N–H and O–H groups in total. The lowest BCUT2D eigenvalue weighted by Crippen LogP contribution is -2.30. The van der Waals surface area contributed by atoms with Gasteiger partial charge in [0.1, 0.15) is 5.70 Å². The molecule has 13 heteroatoms. The summed E-state index contributed by atoms with van der Waals surface area (Å²) in [6.45, 7) is 0. The minimum atomic E-state index is -0.679. The molecule has 0 fully saturated rings. The van der Waals surface area contributed by atoms with E-state index < -0.39 is 16.7 Å². The van der Waals surface area contributed by atoms with E-state index >= 15 is 0 Å². The number of thioether (sulfide) groups is 1. The molecule has 230 valence electrons. The average molecular weight is 670 g/mol. The Kier molecular flexibility index (Phi) is 10.6. The first-order valence-corrected chi connectivity index (χ1v) is 15.9. The van der Waals surface area contributed by atoms with Crippen molar-refractivity contribution in [3.63, 3.8) is 0 Å². The topological polar surface area (TPSA) is 143 Å². The number of nitro benzene ring substituents is 1. The Morgan fingerprint density at radius 3 is 2.33 bits per heavy atom. The van der Waals surface area contributed by atoms with Gasteiger partial charge < -0.3 is 16.0 Å². The Morgan fingerprint density at radius 1 is 0.891 bits per heavy atom. The van der Waals surface area contributed by atoms with E-state index in [1.165, 1.54) is 47.4 Å². The molecule has 46 heavy (non-hydrogen) atoms. The summed E-state index contributed by atoms with van der Waals surface area (Å²) >= 11 is 8.85. The number of rotatable bonds is 11. The molecule has 0 unspecified atom stereocenters. The molecule has 5 rings (SSSR count). The fourth-order valence-electron chi connectivity index (χ4n) is 4.13. The summed E-state index contributed by atoms with van der Waals surface area (Å²) in [5.41, 5.74) is 1.93. The SMILES string of the molecule is O=C(CSc1ccc(NC(=O)/C(=C/c2ccccc2[N+](=O)[O-])NC(=O)c2ccccc2)cc1)Nc1nc(-c2ccccc2Cl)cs1. The van der Waals surface area contributed by atoms with Crippen LogP contribution in [0.4, 0.5) is 16.5 Å². The van der Waals surface area contributed by atoms with Crippen molar-refractivity contribution >= 4 is 75.0 Å². The molecule has 0 spiro atoms. The quantitative estimate of drug-likeness (QED) is 0.0571. The van der Waals surface area contributed by atoms with Gasteiger partial charge in [0, 0.05) is 38.2 Å². The third-order valence-electron chi connectivity index (χ3n) is 6.34. The molecule has 1 heterocycles. The zero-order valence-corrected chi connectivity index (χ0v) is 26.2. The zero-order valence-electron chi connectivity index (χ0n) is 23.8. The van der Waals surface area contributed by atoms with Crippen LogP contribution in [-0.2, 0) is 9.59 Å². The summed E-state index contributed by atoms with van der Waals surface area (Å²) in [6, 6.07) is 28.3. The molecular formula is C33H24ClN5O5S2. The van der Waals surface area contributed by atoms with Crippen LogP contribution in [0.1, 0.15) is 15.9 Å². The van der Waals surface area contributed by atoms with Gasteiger partial charge in [-0.1, -0.05) is 60.1 Å². The lowest BCUT2D eigenvalue weighted by molar-refractivity contribution is -0.385. The number of carbonyl (C=O) groups is 3. The number of nitrogens with zero attached hydrogens (tertiary/aromatic N) is 2. The maximum Gasteiger partial charge on any atom is 0.276 e. The normalized spacial score (nSPS) is 11.0. The second-order valence-electron chi connectivity index (χ2n) is 9.53. The summed E-state index contributed by atoms with van der Waals surface area (Å²) in [6.07, 6.45) is 1.26. The number of amides is 3. The van der Waals surface area contributed by atoms with Crippen molar-refractivity contribution in [1.82, 2.24) is 10.3 Å². The molecule has 0 radical (unpaired) electrons. The number of thiazole rings is 1. The van der Waals surface area contributed by atoms with Crippen molar-refractivity contribution in [2.24, 2.45) is 0 Å². The maximum atomic E-state index is 13.3. The van der Waals surface area contributed by atoms with Crippen LogP contribution in [0.2, 0.25) is 5.02 Å². The molecule has 0 bridgehead atoms. The molecule has 1 aromatic heterocycles. The second-order valence-corrected chi connectivity index (χ2v) is 11.8. The van der Waals surface area contributed by atoms with E-state index in [0.29, 0.717) is 27.1 Å². The monoisotopic (exact) mass is 669 g/mol.